The number of nitrogens with zero attached hydrogens (tertiary/aromatic N) is 1. The molecule has 41 heavy (non-hydrogen) atoms. The van der Waals surface area contributed by atoms with E-state index in [2.05, 4.69) is 20.9 Å². The SMILES string of the molecule is CS(=O)(=O)c1ccc(CNc2c(N[C@@H](Cc3ccc(C(=O)Nc4c(Cl)cncc4Cl)cc3)C(=O)O)c(=O)c2=O)cc1. The molecule has 0 aliphatic rings. The van der Waals surface area contributed by atoms with E-state index in [1.54, 1.807) is 24.3 Å². The van der Waals surface area contributed by atoms with Crippen molar-refractivity contribution in [1.82, 2.24) is 4.98 Å². The number of hydrogen-bond donors (Lipinski definition) is 4. The molecule has 0 radical (unpaired) electrons. The normalized spacial score (nSPS) is 12.1. The number of carbonyl (C=O) groups is 2. The van der Waals surface area contributed by atoms with Gasteiger partial charge in [0.05, 0.1) is 20.6 Å². The van der Waals surface area contributed by atoms with Gasteiger partial charge in [0.15, 0.2) is 9.84 Å². The number of halogens is 2. The Balaban J connectivity index is 1.42. The minimum atomic E-state index is -3.37. The first kappa shape index (κ1) is 29.7. The van der Waals surface area contributed by atoms with E-state index >= 15 is 0 Å². The summed E-state index contributed by atoms with van der Waals surface area (Å²) >= 11 is 12.1. The molecular formula is C27H22Cl2N4O7S. The van der Waals surface area contributed by atoms with Gasteiger partial charge >= 0.3 is 5.97 Å². The molecule has 0 saturated heterocycles. The van der Waals surface area contributed by atoms with Gasteiger partial charge in [-0.3, -0.25) is 19.4 Å². The molecule has 3 aromatic carbocycles. The van der Waals surface area contributed by atoms with Crippen LogP contribution in [0.2, 0.25) is 10.0 Å². The third-order valence-electron chi connectivity index (χ3n) is 6.10. The Morgan fingerprint density at radius 3 is 2.00 bits per heavy atom. The van der Waals surface area contributed by atoms with E-state index in [9.17, 15) is 32.7 Å². The van der Waals surface area contributed by atoms with Crippen molar-refractivity contribution in [2.24, 2.45) is 0 Å². The third-order valence-corrected chi connectivity index (χ3v) is 7.80. The van der Waals surface area contributed by atoms with Crippen molar-refractivity contribution in [3.63, 3.8) is 0 Å². The number of sulfone groups is 1. The molecule has 0 aliphatic carbocycles. The second kappa shape index (κ2) is 12.1. The van der Waals surface area contributed by atoms with Crippen LogP contribution < -0.4 is 26.8 Å². The quantitative estimate of drug-likeness (QED) is 0.183. The Morgan fingerprint density at radius 1 is 0.878 bits per heavy atom. The van der Waals surface area contributed by atoms with Gasteiger partial charge in [-0.2, -0.15) is 0 Å². The standard InChI is InChI=1S/C27H22Cl2N4O7S/c1-41(39,40)17-8-4-15(5-9-17)11-31-22-23(25(35)24(22)34)32-20(27(37)38)10-14-2-6-16(7-3-14)26(36)33-21-18(28)12-30-13-19(21)29/h2-9,12-13,20,31-32H,10-11H2,1H3,(H,37,38)(H,30,33,36)/t20-/m0/s1. The van der Waals surface area contributed by atoms with Crippen LogP contribution in [0.25, 0.3) is 0 Å². The zero-order chi connectivity index (χ0) is 29.9. The molecule has 0 spiro atoms. The molecule has 4 rings (SSSR count). The van der Waals surface area contributed by atoms with Crippen molar-refractivity contribution in [2.75, 3.05) is 22.2 Å². The molecule has 4 N–H and O–H groups in total. The number of carboxylic acids is 1. The number of nitrogens with one attached hydrogen (secondary N) is 3. The van der Waals surface area contributed by atoms with E-state index in [4.69, 9.17) is 23.2 Å². The molecule has 0 saturated carbocycles. The average Bonchev–Trinajstić information content (AvgIpc) is 2.93. The predicted molar refractivity (Wildman–Crippen MR) is 156 cm³/mol. The van der Waals surface area contributed by atoms with Gasteiger partial charge in [-0.05, 0) is 35.4 Å². The number of carbonyl (C=O) groups excluding carboxylic acids is 1. The Kier molecular flexibility index (Phi) is 8.76. The number of anilines is 3. The number of amides is 1. The summed E-state index contributed by atoms with van der Waals surface area (Å²) in [5, 5.41) is 18.1. The maximum absolute atomic E-state index is 12.6. The summed E-state index contributed by atoms with van der Waals surface area (Å²) < 4.78 is 23.2. The lowest BCUT2D eigenvalue weighted by atomic mass is 10.0. The second-order valence-electron chi connectivity index (χ2n) is 9.05. The van der Waals surface area contributed by atoms with Crippen molar-refractivity contribution >= 4 is 62.0 Å². The molecule has 11 nitrogen and oxygen atoms in total. The van der Waals surface area contributed by atoms with Crippen molar-refractivity contribution in [1.29, 1.82) is 0 Å². The van der Waals surface area contributed by atoms with Crippen LogP contribution >= 0.6 is 23.2 Å². The van der Waals surface area contributed by atoms with Gasteiger partial charge in [-0.15, -0.1) is 0 Å². The van der Waals surface area contributed by atoms with Gasteiger partial charge in [0.2, 0.25) is 0 Å². The number of aromatic nitrogens is 1. The monoisotopic (exact) mass is 616 g/mol. The van der Waals surface area contributed by atoms with E-state index in [1.165, 1.54) is 36.7 Å². The fourth-order valence-corrected chi connectivity index (χ4v) is 4.95. The van der Waals surface area contributed by atoms with E-state index < -0.39 is 38.6 Å². The zero-order valence-electron chi connectivity index (χ0n) is 21.3. The highest BCUT2D eigenvalue weighted by Gasteiger charge is 2.27. The van der Waals surface area contributed by atoms with E-state index in [-0.39, 0.29) is 50.5 Å². The van der Waals surface area contributed by atoms with Crippen LogP contribution in [0.5, 0.6) is 0 Å². The highest BCUT2D eigenvalue weighted by Crippen LogP contribution is 2.29. The highest BCUT2D eigenvalue weighted by atomic mass is 35.5. The van der Waals surface area contributed by atoms with Gasteiger partial charge < -0.3 is 21.1 Å². The number of pyridine rings is 1. The number of carboxylic acid groups (broad SMARTS) is 1. The van der Waals surface area contributed by atoms with E-state index in [0.717, 1.165) is 6.26 Å². The first-order chi connectivity index (χ1) is 19.3. The summed E-state index contributed by atoms with van der Waals surface area (Å²) in [6, 6.07) is 10.8. The van der Waals surface area contributed by atoms with Gasteiger partial charge in [0, 0.05) is 37.2 Å². The van der Waals surface area contributed by atoms with Gasteiger partial charge in [-0.1, -0.05) is 47.5 Å². The summed E-state index contributed by atoms with van der Waals surface area (Å²) in [6.07, 6.45) is 3.69. The Labute approximate surface area is 243 Å². The smallest absolute Gasteiger partial charge is 0.326 e. The number of hydrogen-bond acceptors (Lipinski definition) is 9. The molecule has 0 unspecified atom stereocenters. The summed E-state index contributed by atoms with van der Waals surface area (Å²) in [7, 11) is -3.37. The van der Waals surface area contributed by atoms with Crippen molar-refractivity contribution < 1.29 is 23.1 Å². The van der Waals surface area contributed by atoms with Crippen molar-refractivity contribution in [2.45, 2.75) is 23.9 Å². The molecular weight excluding hydrogens is 595 g/mol. The highest BCUT2D eigenvalue weighted by molar-refractivity contribution is 7.90. The van der Waals surface area contributed by atoms with Gasteiger partial charge in [0.25, 0.3) is 16.8 Å². The van der Waals surface area contributed by atoms with Gasteiger partial charge in [-0.25, -0.2) is 13.2 Å². The van der Waals surface area contributed by atoms with Crippen LogP contribution in [-0.4, -0.2) is 42.7 Å². The van der Waals surface area contributed by atoms with Crippen LogP contribution in [0.1, 0.15) is 21.5 Å². The summed E-state index contributed by atoms with van der Waals surface area (Å²) in [6.45, 7) is 0.0980. The van der Waals surface area contributed by atoms with Crippen LogP contribution in [0.15, 0.2) is 75.4 Å². The van der Waals surface area contributed by atoms with Crippen molar-refractivity contribution in [3.8, 4) is 0 Å². The second-order valence-corrected chi connectivity index (χ2v) is 11.9. The summed E-state index contributed by atoms with van der Waals surface area (Å²) in [4.78, 5) is 52.9. The van der Waals surface area contributed by atoms with Crippen LogP contribution in [0.4, 0.5) is 17.1 Å². The first-order valence-corrected chi connectivity index (χ1v) is 14.5. The predicted octanol–water partition coefficient (Wildman–Crippen LogP) is 3.36. The fourth-order valence-electron chi connectivity index (χ4n) is 3.86. The van der Waals surface area contributed by atoms with E-state index in [0.29, 0.717) is 11.1 Å². The molecule has 0 aliphatic heterocycles. The number of rotatable bonds is 11. The topological polar surface area (TPSA) is 172 Å². The Hall–Kier alpha value is -4.26. The Morgan fingerprint density at radius 2 is 1.44 bits per heavy atom. The first-order valence-electron chi connectivity index (χ1n) is 11.9. The molecule has 14 heteroatoms. The van der Waals surface area contributed by atoms with E-state index in [1.807, 2.05) is 0 Å². The lowest BCUT2D eigenvalue weighted by Gasteiger charge is -2.20. The zero-order valence-corrected chi connectivity index (χ0v) is 23.6. The molecule has 4 aromatic rings. The van der Waals surface area contributed by atoms with Crippen molar-refractivity contribution in [3.05, 3.63) is 108 Å². The number of benzene rings is 2. The molecule has 212 valence electrons. The lowest BCUT2D eigenvalue weighted by Crippen LogP contribution is -2.42. The maximum atomic E-state index is 12.6. The Bertz CT molecular complexity index is 1780. The maximum Gasteiger partial charge on any atom is 0.326 e. The third kappa shape index (κ3) is 6.91. The molecule has 1 atom stereocenters. The average molecular weight is 617 g/mol. The lowest BCUT2D eigenvalue weighted by molar-refractivity contribution is -0.137. The van der Waals surface area contributed by atoms with Crippen LogP contribution in [0, 0.1) is 0 Å². The van der Waals surface area contributed by atoms with Gasteiger partial charge in [0.1, 0.15) is 17.4 Å². The minimum absolute atomic E-state index is 0.0612. The molecule has 1 amide bonds. The summed E-state index contributed by atoms with van der Waals surface area (Å²) in [5.74, 6) is -1.76. The molecule has 1 heterocycles. The fraction of sp³-hybridized carbons (Fsp3) is 0.148. The minimum Gasteiger partial charge on any atom is -0.480 e. The van der Waals surface area contributed by atoms with Crippen LogP contribution in [0.3, 0.4) is 0 Å². The summed E-state index contributed by atoms with van der Waals surface area (Å²) in [5.41, 5.74) is -0.219. The molecule has 0 bridgehead atoms. The van der Waals surface area contributed by atoms with Crippen LogP contribution in [-0.2, 0) is 27.6 Å². The number of aliphatic carboxylic acids is 1. The molecule has 0 fully saturated rings. The largest absolute Gasteiger partial charge is 0.480 e. The molecule has 1 aromatic heterocycles.